The maximum Gasteiger partial charge on any atom is 3.00 e. The molecule has 0 unspecified atom stereocenters. The molecule has 0 aromatic rings. The van der Waals surface area contributed by atoms with Gasteiger partial charge < -0.3 is 46.0 Å². The fourth-order valence-corrected chi connectivity index (χ4v) is 0. The van der Waals surface area contributed by atoms with Crippen LogP contribution in [0.15, 0.2) is 0 Å². The van der Waals surface area contributed by atoms with E-state index in [0.29, 0.717) is 0 Å². The SMILES string of the molecule is O=[N+]([O-])[O-].O=[N+]([O-])[O-].O=[N+]([O-])[O-].O=[Se](O)O.[Gd+3]. The van der Waals surface area contributed by atoms with Crippen LogP contribution in [0.4, 0.5) is 0 Å². The van der Waals surface area contributed by atoms with Gasteiger partial charge in [0, 0.05) is 0 Å². The first-order valence-electron chi connectivity index (χ1n) is 2.17. The Morgan fingerprint density at radius 1 is 0.706 bits per heavy atom. The maximum absolute atomic E-state index is 8.76. The molecule has 0 aromatic heterocycles. The molecule has 17 heteroatoms. The van der Waals surface area contributed by atoms with E-state index in [9.17, 15) is 0 Å². The molecule has 0 saturated heterocycles. The number of hydrogen-bond acceptors (Lipinski definition) is 10. The minimum Gasteiger partial charge on any atom is 3.00 e. The van der Waals surface area contributed by atoms with Crippen molar-refractivity contribution in [2.75, 3.05) is 0 Å². The molecular formula is H2GdN3O12Se. The van der Waals surface area contributed by atoms with Gasteiger partial charge in [-0.1, -0.05) is 0 Å². The average Bonchev–Trinajstić information content (AvgIpc) is 1.76. The second-order valence-corrected chi connectivity index (χ2v) is 1.87. The molecule has 1 radical (unpaired) electrons. The Bertz CT molecular complexity index is 162. The van der Waals surface area contributed by atoms with Crippen molar-refractivity contribution in [1.29, 1.82) is 0 Å². The van der Waals surface area contributed by atoms with E-state index in [0.717, 1.165) is 0 Å². The van der Waals surface area contributed by atoms with E-state index in [1.165, 1.54) is 0 Å². The summed E-state index contributed by atoms with van der Waals surface area (Å²) in [6, 6.07) is 0. The molecule has 17 heavy (non-hydrogen) atoms. The second kappa shape index (κ2) is 24.4. The molecule has 103 valence electrons. The number of hydrogen-bond donors (Lipinski definition) is 2. The first-order chi connectivity index (χ1) is 6.93. The molecule has 0 bridgehead atoms. The predicted octanol–water partition coefficient (Wildman–Crippen LogP) is -2.33. The van der Waals surface area contributed by atoms with Crippen LogP contribution in [0.1, 0.15) is 0 Å². The van der Waals surface area contributed by atoms with Crippen molar-refractivity contribution in [2.24, 2.45) is 0 Å². The largest absolute Gasteiger partial charge is 3.00 e. The fourth-order valence-electron chi connectivity index (χ4n) is 0. The van der Waals surface area contributed by atoms with Crippen LogP contribution in [0.2, 0.25) is 0 Å². The molecule has 0 fully saturated rings. The van der Waals surface area contributed by atoms with Gasteiger partial charge in [0.2, 0.25) is 0 Å². The molecule has 0 aliphatic rings. The fraction of sp³-hybridized carbons (Fsp3) is 0. The summed E-state index contributed by atoms with van der Waals surface area (Å²) in [5, 5.41) is 44.2. The molecule has 0 rings (SSSR count). The molecule has 0 aliphatic carbocycles. The van der Waals surface area contributed by atoms with E-state index in [4.69, 9.17) is 58.2 Å². The third-order valence-corrected chi connectivity index (χ3v) is 0. The van der Waals surface area contributed by atoms with E-state index < -0.39 is 29.8 Å². The van der Waals surface area contributed by atoms with Crippen molar-refractivity contribution in [3.8, 4) is 0 Å². The van der Waals surface area contributed by atoms with Crippen LogP contribution >= 0.6 is 0 Å². The Morgan fingerprint density at radius 2 is 0.706 bits per heavy atom. The monoisotopic (exact) mass is 474 g/mol. The number of nitrogens with zero attached hydrogens (tertiary/aromatic N) is 3. The first-order valence-corrected chi connectivity index (χ1v) is 4.41. The third-order valence-electron chi connectivity index (χ3n) is 0. The first kappa shape index (κ1) is 29.8. The number of rotatable bonds is 0. The average molecular weight is 472 g/mol. The third kappa shape index (κ3) is 3760. The Kier molecular flexibility index (Phi) is 42.8. The van der Waals surface area contributed by atoms with Crippen molar-refractivity contribution in [2.45, 2.75) is 0 Å². The Labute approximate surface area is 127 Å². The van der Waals surface area contributed by atoms with Gasteiger partial charge in [0.25, 0.3) is 0 Å². The summed E-state index contributed by atoms with van der Waals surface area (Å²) in [6.45, 7) is 0. The molecule has 0 heterocycles. The van der Waals surface area contributed by atoms with Crippen LogP contribution in [0, 0.1) is 85.9 Å². The normalized spacial score (nSPS) is 6.29. The van der Waals surface area contributed by atoms with Gasteiger partial charge in [0.15, 0.2) is 0 Å². The molecule has 0 atom stereocenters. The summed E-state index contributed by atoms with van der Waals surface area (Å²) >= 11 is -3.29. The predicted molar refractivity (Wildman–Crippen MR) is 42.0 cm³/mol. The van der Waals surface area contributed by atoms with Gasteiger partial charge in [0.05, 0.1) is 15.3 Å². The van der Waals surface area contributed by atoms with Crippen molar-refractivity contribution in [3.63, 3.8) is 0 Å². The van der Waals surface area contributed by atoms with Crippen LogP contribution in [0.5, 0.6) is 0 Å². The summed E-state index contributed by atoms with van der Waals surface area (Å²) in [6.07, 6.45) is 0. The van der Waals surface area contributed by atoms with Gasteiger partial charge in [-0.05, 0) is 0 Å². The van der Waals surface area contributed by atoms with E-state index in [-0.39, 0.29) is 39.9 Å². The van der Waals surface area contributed by atoms with Gasteiger partial charge in [-0.2, -0.15) is 0 Å². The second-order valence-electron chi connectivity index (χ2n) is 0.902. The minimum absolute atomic E-state index is 0. The summed E-state index contributed by atoms with van der Waals surface area (Å²) in [5.41, 5.74) is 0. The zero-order valence-electron chi connectivity index (χ0n) is 7.08. The van der Waals surface area contributed by atoms with E-state index >= 15 is 0 Å². The van der Waals surface area contributed by atoms with Gasteiger partial charge in [-0.3, -0.25) is 0 Å². The Hall–Kier alpha value is -0.836. The van der Waals surface area contributed by atoms with Crippen LogP contribution in [0.3, 0.4) is 0 Å². The van der Waals surface area contributed by atoms with Gasteiger partial charge in [-0.25, -0.2) is 0 Å². The van der Waals surface area contributed by atoms with Gasteiger partial charge in [-0.15, -0.1) is 0 Å². The molecule has 0 saturated carbocycles. The summed E-state index contributed by atoms with van der Waals surface area (Å²) in [7, 11) is 0. The topological polar surface area (TPSA) is 256 Å². The van der Waals surface area contributed by atoms with Crippen LogP contribution in [-0.4, -0.2) is 38.1 Å². The Balaban J connectivity index is -0.0000000369. The summed E-state index contributed by atoms with van der Waals surface area (Å²) in [4.78, 5) is 24.8. The minimum atomic E-state index is -3.29. The van der Waals surface area contributed by atoms with Crippen molar-refractivity contribution < 1.29 is 67.4 Å². The van der Waals surface area contributed by atoms with Crippen LogP contribution in [-0.2, 0) is 3.83 Å². The zero-order chi connectivity index (χ0) is 14.3. The molecule has 15 nitrogen and oxygen atoms in total. The van der Waals surface area contributed by atoms with Crippen molar-refractivity contribution in [3.05, 3.63) is 46.0 Å². The molecular weight excluding hydrogens is 470 g/mol. The van der Waals surface area contributed by atoms with Gasteiger partial charge >= 0.3 is 66.6 Å². The molecule has 0 aromatic carbocycles. The smallest absolute Gasteiger partial charge is 3.00 e. The standard InChI is InChI=1S/Gd.3NO3.H2O3Se/c;3*2-1(3)4;1-4(2)3/h;;;;(H2,1,2,3)/q+3;3*-1;. The molecule has 2 N–H and O–H groups in total. The molecule has 0 spiro atoms. The molecule has 0 amide bonds. The zero-order valence-corrected chi connectivity index (χ0v) is 11.1. The van der Waals surface area contributed by atoms with Gasteiger partial charge in [0.1, 0.15) is 0 Å². The van der Waals surface area contributed by atoms with E-state index in [2.05, 4.69) is 0 Å². The summed E-state index contributed by atoms with van der Waals surface area (Å²) in [5.74, 6) is 0. The summed E-state index contributed by atoms with van der Waals surface area (Å²) < 4.78 is 23.1. The van der Waals surface area contributed by atoms with E-state index in [1.54, 1.807) is 0 Å². The molecule has 0 aliphatic heterocycles. The van der Waals surface area contributed by atoms with Crippen molar-refractivity contribution >= 4 is 14.5 Å². The Morgan fingerprint density at radius 3 is 0.706 bits per heavy atom. The van der Waals surface area contributed by atoms with Crippen molar-refractivity contribution in [1.82, 2.24) is 0 Å². The quantitative estimate of drug-likeness (QED) is 0.214. The van der Waals surface area contributed by atoms with Crippen LogP contribution < -0.4 is 0 Å². The maximum atomic E-state index is 8.76. The van der Waals surface area contributed by atoms with E-state index in [1.807, 2.05) is 0 Å². The van der Waals surface area contributed by atoms with Crippen LogP contribution in [0.25, 0.3) is 0 Å².